The van der Waals surface area contributed by atoms with E-state index in [-0.39, 0.29) is 28.5 Å². The zero-order valence-corrected chi connectivity index (χ0v) is 20.4. The lowest BCUT2D eigenvalue weighted by molar-refractivity contribution is -0.0690. The Hall–Kier alpha value is -3.71. The van der Waals surface area contributed by atoms with Gasteiger partial charge in [0.25, 0.3) is 0 Å². The molecule has 8 nitrogen and oxygen atoms in total. The van der Waals surface area contributed by atoms with Crippen molar-refractivity contribution < 1.29 is 41.1 Å². The lowest BCUT2D eigenvalue weighted by atomic mass is 10.2. The molecular formula is C24H21F4N3O5S. The molecule has 1 unspecified atom stereocenters. The minimum absolute atomic E-state index is 0.0176. The number of alkyl halides is 4. The van der Waals surface area contributed by atoms with Gasteiger partial charge in [-0.15, -0.1) is 0 Å². The van der Waals surface area contributed by atoms with E-state index in [1.807, 2.05) is 30.3 Å². The van der Waals surface area contributed by atoms with Gasteiger partial charge in [0.15, 0.2) is 28.8 Å². The van der Waals surface area contributed by atoms with Crippen LogP contribution in [0.5, 0.6) is 23.0 Å². The fourth-order valence-corrected chi connectivity index (χ4v) is 4.58. The van der Waals surface area contributed by atoms with E-state index in [4.69, 9.17) is 9.47 Å². The summed E-state index contributed by atoms with van der Waals surface area (Å²) in [5.41, 5.74) is 2.23. The highest BCUT2D eigenvalue weighted by molar-refractivity contribution is 7.90. The first-order valence-corrected chi connectivity index (χ1v) is 12.1. The summed E-state index contributed by atoms with van der Waals surface area (Å²) in [6, 6.07) is 11.5. The molecule has 0 radical (unpaired) electrons. The van der Waals surface area contributed by atoms with Crippen molar-refractivity contribution in [1.29, 1.82) is 0 Å². The molecule has 0 amide bonds. The van der Waals surface area contributed by atoms with Gasteiger partial charge in [-0.05, 0) is 12.5 Å². The van der Waals surface area contributed by atoms with E-state index in [1.54, 1.807) is 6.92 Å². The number of aromatic amines is 1. The molecule has 2 heterocycles. The van der Waals surface area contributed by atoms with Gasteiger partial charge in [0.1, 0.15) is 6.61 Å². The number of pyridine rings is 1. The maximum atomic E-state index is 13.1. The third-order valence-electron chi connectivity index (χ3n) is 5.22. The molecule has 1 N–H and O–H groups in total. The number of benzene rings is 2. The molecule has 0 aliphatic heterocycles. The zero-order valence-electron chi connectivity index (χ0n) is 19.5. The van der Waals surface area contributed by atoms with Crippen LogP contribution >= 0.6 is 0 Å². The number of aromatic nitrogens is 3. The summed E-state index contributed by atoms with van der Waals surface area (Å²) < 4.78 is 83.9. The van der Waals surface area contributed by atoms with Crippen LogP contribution in [0.4, 0.5) is 17.6 Å². The Morgan fingerprint density at radius 2 is 1.68 bits per heavy atom. The SMILES string of the molecule is COc1cnc(C[S+]([O-])c2nc3cc(OC(F)F)c(OC(F)F)cc3[nH]2)c(C)c1OCc1ccccc1. The Balaban J connectivity index is 1.58. The van der Waals surface area contributed by atoms with Crippen molar-refractivity contribution in [3.63, 3.8) is 0 Å². The van der Waals surface area contributed by atoms with E-state index in [0.717, 1.165) is 17.7 Å². The van der Waals surface area contributed by atoms with Gasteiger partial charge >= 0.3 is 18.4 Å². The Bertz CT molecular complexity index is 1310. The van der Waals surface area contributed by atoms with E-state index in [1.165, 1.54) is 13.3 Å². The summed E-state index contributed by atoms with van der Waals surface area (Å²) in [6.45, 7) is -4.51. The molecule has 0 saturated carbocycles. The number of methoxy groups -OCH3 is 1. The molecule has 196 valence electrons. The molecule has 37 heavy (non-hydrogen) atoms. The van der Waals surface area contributed by atoms with Crippen LogP contribution in [-0.4, -0.2) is 39.8 Å². The van der Waals surface area contributed by atoms with Crippen molar-refractivity contribution in [3.8, 4) is 23.0 Å². The highest BCUT2D eigenvalue weighted by atomic mass is 32.2. The number of nitrogens with one attached hydrogen (secondary N) is 1. The number of hydrogen-bond acceptors (Lipinski definition) is 7. The third kappa shape index (κ3) is 6.35. The minimum atomic E-state index is -3.27. The number of rotatable bonds is 11. The molecule has 2 aromatic heterocycles. The smallest absolute Gasteiger partial charge is 0.387 e. The van der Waals surface area contributed by atoms with Gasteiger partial charge in [-0.25, -0.2) is 0 Å². The second-order valence-electron chi connectivity index (χ2n) is 7.61. The summed E-state index contributed by atoms with van der Waals surface area (Å²) in [5, 5.41) is -0.0176. The Morgan fingerprint density at radius 3 is 2.32 bits per heavy atom. The van der Waals surface area contributed by atoms with Crippen molar-refractivity contribution in [2.75, 3.05) is 7.11 Å². The predicted molar refractivity (Wildman–Crippen MR) is 126 cm³/mol. The fourth-order valence-electron chi connectivity index (χ4n) is 3.48. The fraction of sp³-hybridized carbons (Fsp3) is 0.250. The largest absolute Gasteiger partial charge is 0.609 e. The number of halogens is 4. The maximum Gasteiger partial charge on any atom is 0.387 e. The Morgan fingerprint density at radius 1 is 1.00 bits per heavy atom. The number of imidazole rings is 1. The van der Waals surface area contributed by atoms with Crippen molar-refractivity contribution >= 4 is 22.2 Å². The van der Waals surface area contributed by atoms with Crippen molar-refractivity contribution in [3.05, 3.63) is 65.5 Å². The van der Waals surface area contributed by atoms with Crippen LogP contribution in [-0.2, 0) is 23.5 Å². The second kappa shape index (κ2) is 11.6. The van der Waals surface area contributed by atoms with Gasteiger partial charge in [0.05, 0.1) is 30.0 Å². The average Bonchev–Trinajstić information content (AvgIpc) is 3.27. The molecule has 0 bridgehead atoms. The van der Waals surface area contributed by atoms with E-state index in [9.17, 15) is 22.1 Å². The van der Waals surface area contributed by atoms with Crippen molar-refractivity contribution in [2.24, 2.45) is 0 Å². The topological polar surface area (TPSA) is 102 Å². The van der Waals surface area contributed by atoms with Crippen molar-refractivity contribution in [1.82, 2.24) is 15.0 Å². The molecule has 0 aliphatic rings. The highest BCUT2D eigenvalue weighted by Crippen LogP contribution is 2.36. The van der Waals surface area contributed by atoms with Crippen LogP contribution in [0.15, 0.2) is 53.8 Å². The van der Waals surface area contributed by atoms with Gasteiger partial charge in [-0.1, -0.05) is 30.3 Å². The van der Waals surface area contributed by atoms with Crippen LogP contribution in [0.2, 0.25) is 0 Å². The summed E-state index contributed by atoms with van der Waals surface area (Å²) >= 11 is -1.77. The van der Waals surface area contributed by atoms with E-state index in [0.29, 0.717) is 22.8 Å². The molecule has 0 saturated heterocycles. The number of hydrogen-bond donors (Lipinski definition) is 1. The lowest BCUT2D eigenvalue weighted by Gasteiger charge is -2.16. The molecule has 0 aliphatic carbocycles. The maximum absolute atomic E-state index is 13.1. The number of nitrogens with zero attached hydrogens (tertiary/aromatic N) is 2. The monoisotopic (exact) mass is 539 g/mol. The number of ether oxygens (including phenoxy) is 4. The first kappa shape index (κ1) is 26.4. The van der Waals surface area contributed by atoms with Gasteiger partial charge in [-0.2, -0.15) is 22.5 Å². The van der Waals surface area contributed by atoms with Crippen molar-refractivity contribution in [2.45, 2.75) is 37.7 Å². The molecule has 4 aromatic rings. The van der Waals surface area contributed by atoms with E-state index in [2.05, 4.69) is 24.4 Å². The first-order valence-electron chi connectivity index (χ1n) is 10.8. The molecule has 0 fully saturated rings. The molecule has 0 spiro atoms. The van der Waals surface area contributed by atoms with E-state index >= 15 is 0 Å². The first-order chi connectivity index (χ1) is 17.7. The molecule has 2 aromatic carbocycles. The third-order valence-corrected chi connectivity index (χ3v) is 6.38. The van der Waals surface area contributed by atoms with Crippen LogP contribution in [0.25, 0.3) is 11.0 Å². The molecule has 1 atom stereocenters. The van der Waals surface area contributed by atoms with Crippen LogP contribution in [0, 0.1) is 6.92 Å². The number of H-pyrrole nitrogens is 1. The van der Waals surface area contributed by atoms with Gasteiger partial charge in [0, 0.05) is 28.9 Å². The lowest BCUT2D eigenvalue weighted by Crippen LogP contribution is -2.11. The molecular weight excluding hydrogens is 518 g/mol. The normalized spacial score (nSPS) is 12.2. The molecule has 13 heteroatoms. The minimum Gasteiger partial charge on any atom is -0.609 e. The standard InChI is InChI=1S/C24H21F4N3O5S/c1-13-17(29-10-20(33-2)21(13)34-11-14-6-4-3-5-7-14)12-37(32)24-30-15-8-18(35-22(25)26)19(36-23(27)28)9-16(15)31-24/h3-10,22-23H,11-12H2,1-2H3,(H,30,31). The summed E-state index contributed by atoms with van der Waals surface area (Å²) in [4.78, 5) is 11.2. The predicted octanol–water partition coefficient (Wildman–Crippen LogP) is 5.36. The van der Waals surface area contributed by atoms with Gasteiger partial charge in [0.2, 0.25) is 0 Å². The quantitative estimate of drug-likeness (QED) is 0.202. The van der Waals surface area contributed by atoms with Crippen LogP contribution < -0.4 is 18.9 Å². The summed E-state index contributed by atoms with van der Waals surface area (Å²) in [5.74, 6) is -0.459. The molecule has 4 rings (SSSR count). The number of fused-ring (bicyclic) bond motifs is 1. The van der Waals surface area contributed by atoms with Crippen LogP contribution in [0.3, 0.4) is 0 Å². The van der Waals surface area contributed by atoms with Gasteiger partial charge in [-0.3, -0.25) is 9.97 Å². The van der Waals surface area contributed by atoms with E-state index < -0.39 is 35.9 Å². The average molecular weight is 540 g/mol. The van der Waals surface area contributed by atoms with Gasteiger partial charge < -0.3 is 23.5 Å². The second-order valence-corrected chi connectivity index (χ2v) is 8.97. The summed E-state index contributed by atoms with van der Waals surface area (Å²) in [7, 11) is 1.48. The highest BCUT2D eigenvalue weighted by Gasteiger charge is 2.24. The summed E-state index contributed by atoms with van der Waals surface area (Å²) in [6.07, 6.45) is 1.46. The Labute approximate surface area is 211 Å². The Kier molecular flexibility index (Phi) is 8.24. The zero-order chi connectivity index (χ0) is 26.5. The van der Waals surface area contributed by atoms with Crippen LogP contribution in [0.1, 0.15) is 16.8 Å².